The van der Waals surface area contributed by atoms with Crippen LogP contribution in [0.25, 0.3) is 22.4 Å². The van der Waals surface area contributed by atoms with Gasteiger partial charge in [-0.3, -0.25) is 9.78 Å². The largest absolute Gasteiger partial charge is 0.382 e. The predicted molar refractivity (Wildman–Crippen MR) is 131 cm³/mol. The van der Waals surface area contributed by atoms with E-state index in [2.05, 4.69) is 32.6 Å². The molecule has 1 aliphatic rings. The molecule has 2 heterocycles. The number of thiol groups is 1. The van der Waals surface area contributed by atoms with Crippen molar-refractivity contribution in [3.8, 4) is 22.4 Å². The minimum absolute atomic E-state index is 0.0393. The number of hydrogen-bond donors (Lipinski definition) is 4. The fourth-order valence-corrected chi connectivity index (χ4v) is 5.92. The van der Waals surface area contributed by atoms with E-state index in [0.717, 1.165) is 12.8 Å². The second kappa shape index (κ2) is 10.1. The molecule has 0 aliphatic carbocycles. The average Bonchev–Trinajstić information content (AvgIpc) is 3.04. The number of carbonyl (C=O) groups excluding carboxylic acids is 1. The van der Waals surface area contributed by atoms with Crippen molar-refractivity contribution in [2.24, 2.45) is 5.92 Å². The molecule has 3 aromatic rings. The SMILES string of the molecule is Nc1cnc(-c2ccc(-c3ccccc3S(=O)(=O)NC(S)C3CCCCNC3=O)cc2F)cn1. The summed E-state index contributed by atoms with van der Waals surface area (Å²) in [4.78, 5) is 20.3. The molecule has 0 radical (unpaired) electrons. The van der Waals surface area contributed by atoms with E-state index >= 15 is 0 Å². The number of hydrogen-bond acceptors (Lipinski definition) is 7. The summed E-state index contributed by atoms with van der Waals surface area (Å²) in [5.74, 6) is -1.18. The normalized spacial score (nSPS) is 17.6. The molecule has 0 bridgehead atoms. The minimum atomic E-state index is -4.07. The number of sulfonamides is 1. The number of carbonyl (C=O) groups is 1. The lowest BCUT2D eigenvalue weighted by Crippen LogP contribution is -2.43. The number of aromatic nitrogens is 2. The molecule has 2 unspecified atom stereocenters. The van der Waals surface area contributed by atoms with Crippen LogP contribution in [0.1, 0.15) is 19.3 Å². The van der Waals surface area contributed by atoms with Gasteiger partial charge in [0.1, 0.15) is 11.6 Å². The monoisotopic (exact) mass is 501 g/mol. The molecule has 0 saturated carbocycles. The Morgan fingerprint density at radius 2 is 1.91 bits per heavy atom. The topological polar surface area (TPSA) is 127 Å². The molecule has 2 atom stereocenters. The third kappa shape index (κ3) is 5.21. The first-order valence-corrected chi connectivity index (χ1v) is 12.7. The van der Waals surface area contributed by atoms with Crippen LogP contribution in [-0.2, 0) is 14.8 Å². The van der Waals surface area contributed by atoms with Crippen LogP contribution >= 0.6 is 12.6 Å². The molecule has 1 saturated heterocycles. The highest BCUT2D eigenvalue weighted by atomic mass is 32.2. The van der Waals surface area contributed by atoms with Crippen molar-refractivity contribution in [2.75, 3.05) is 12.3 Å². The van der Waals surface area contributed by atoms with Gasteiger partial charge in [0.05, 0.1) is 34.3 Å². The van der Waals surface area contributed by atoms with Gasteiger partial charge >= 0.3 is 0 Å². The summed E-state index contributed by atoms with van der Waals surface area (Å²) >= 11 is 4.39. The molecule has 4 N–H and O–H groups in total. The highest BCUT2D eigenvalue weighted by Gasteiger charge is 2.31. The summed E-state index contributed by atoms with van der Waals surface area (Å²) in [5.41, 5.74) is 6.74. The van der Waals surface area contributed by atoms with Gasteiger partial charge in [0, 0.05) is 17.7 Å². The number of amides is 1. The Morgan fingerprint density at radius 1 is 1.12 bits per heavy atom. The van der Waals surface area contributed by atoms with E-state index in [1.54, 1.807) is 24.3 Å². The van der Waals surface area contributed by atoms with Crippen LogP contribution in [0.3, 0.4) is 0 Å². The van der Waals surface area contributed by atoms with Gasteiger partial charge in [0.15, 0.2) is 0 Å². The van der Waals surface area contributed by atoms with E-state index in [1.165, 1.54) is 30.6 Å². The van der Waals surface area contributed by atoms with Gasteiger partial charge in [-0.15, -0.1) is 0 Å². The maximum absolute atomic E-state index is 15.0. The van der Waals surface area contributed by atoms with Gasteiger partial charge in [0.2, 0.25) is 15.9 Å². The van der Waals surface area contributed by atoms with Crippen LogP contribution in [-0.4, -0.2) is 36.2 Å². The fraction of sp³-hybridized carbons (Fsp3) is 0.261. The Morgan fingerprint density at radius 3 is 2.65 bits per heavy atom. The summed E-state index contributed by atoms with van der Waals surface area (Å²) in [6.45, 7) is 0.564. The van der Waals surface area contributed by atoms with E-state index in [9.17, 15) is 17.6 Å². The molecule has 4 rings (SSSR count). The second-order valence-corrected chi connectivity index (χ2v) is 10.2. The number of nitrogens with zero attached hydrogens (tertiary/aromatic N) is 2. The predicted octanol–water partition coefficient (Wildman–Crippen LogP) is 2.98. The molecule has 2 aromatic carbocycles. The smallest absolute Gasteiger partial charge is 0.242 e. The zero-order chi connectivity index (χ0) is 24.3. The third-order valence-electron chi connectivity index (χ3n) is 5.64. The van der Waals surface area contributed by atoms with Crippen LogP contribution in [0, 0.1) is 11.7 Å². The van der Waals surface area contributed by atoms with E-state index in [4.69, 9.17) is 5.73 Å². The van der Waals surface area contributed by atoms with Gasteiger partial charge < -0.3 is 11.1 Å². The van der Waals surface area contributed by atoms with Crippen LogP contribution in [0.2, 0.25) is 0 Å². The molecule has 34 heavy (non-hydrogen) atoms. The Hall–Kier alpha value is -3.02. The van der Waals surface area contributed by atoms with Gasteiger partial charge in [-0.05, 0) is 36.6 Å². The zero-order valence-electron chi connectivity index (χ0n) is 18.1. The van der Waals surface area contributed by atoms with Gasteiger partial charge in [-0.2, -0.15) is 17.4 Å². The van der Waals surface area contributed by atoms with Crippen LogP contribution in [0.5, 0.6) is 0 Å². The number of rotatable bonds is 6. The van der Waals surface area contributed by atoms with Crippen molar-refractivity contribution in [1.29, 1.82) is 0 Å². The van der Waals surface area contributed by atoms with Crippen molar-refractivity contribution in [3.63, 3.8) is 0 Å². The summed E-state index contributed by atoms with van der Waals surface area (Å²) in [5, 5.41) is 1.88. The molecular formula is C23H24FN5O3S2. The number of nitrogen functional groups attached to an aromatic ring is 1. The highest BCUT2D eigenvalue weighted by Crippen LogP contribution is 2.32. The number of halogens is 1. The van der Waals surface area contributed by atoms with E-state index in [-0.39, 0.29) is 22.2 Å². The van der Waals surface area contributed by atoms with Gasteiger partial charge in [0.25, 0.3) is 0 Å². The van der Waals surface area contributed by atoms with Crippen molar-refractivity contribution in [3.05, 3.63) is 60.7 Å². The first kappa shape index (κ1) is 24.1. The van der Waals surface area contributed by atoms with Gasteiger partial charge in [-0.25, -0.2) is 17.8 Å². The van der Waals surface area contributed by atoms with Crippen molar-refractivity contribution in [2.45, 2.75) is 29.5 Å². The standard InChI is InChI=1S/C23H24FN5O3S2/c24-18-11-14(8-9-16(18)19-12-28-21(25)13-27-19)15-5-1-2-7-20(15)34(31,32)29-23(33)17-6-3-4-10-26-22(17)30/h1-2,5,7-9,11-13,17,23,29,33H,3-4,6,10H2,(H2,25,28)(H,26,30). The maximum Gasteiger partial charge on any atom is 0.242 e. The van der Waals surface area contributed by atoms with Crippen LogP contribution < -0.4 is 15.8 Å². The quantitative estimate of drug-likeness (QED) is 0.304. The van der Waals surface area contributed by atoms with Crippen molar-refractivity contribution < 1.29 is 17.6 Å². The molecule has 1 aromatic heterocycles. The van der Waals surface area contributed by atoms with Crippen LogP contribution in [0.15, 0.2) is 59.8 Å². The Balaban J connectivity index is 1.64. The Kier molecular flexibility index (Phi) is 7.15. The van der Waals surface area contributed by atoms with E-state index < -0.39 is 27.1 Å². The third-order valence-corrected chi connectivity index (χ3v) is 7.80. The molecule has 8 nitrogen and oxygen atoms in total. The average molecular weight is 502 g/mol. The molecular weight excluding hydrogens is 477 g/mol. The summed E-state index contributed by atoms with van der Waals surface area (Å²) < 4.78 is 44.0. The first-order valence-electron chi connectivity index (χ1n) is 10.7. The molecule has 11 heteroatoms. The van der Waals surface area contributed by atoms with E-state index in [0.29, 0.717) is 29.8 Å². The molecule has 1 fully saturated rings. The maximum atomic E-state index is 15.0. The van der Waals surface area contributed by atoms with E-state index in [1.807, 2.05) is 0 Å². The lowest BCUT2D eigenvalue weighted by atomic mass is 10.0. The molecule has 1 amide bonds. The molecule has 178 valence electrons. The number of nitrogens with one attached hydrogen (secondary N) is 2. The second-order valence-electron chi connectivity index (χ2n) is 7.98. The lowest BCUT2D eigenvalue weighted by Gasteiger charge is -2.22. The molecule has 1 aliphatic heterocycles. The fourth-order valence-electron chi connectivity index (χ4n) is 3.88. The van der Waals surface area contributed by atoms with Crippen molar-refractivity contribution in [1.82, 2.24) is 20.0 Å². The first-order chi connectivity index (χ1) is 16.3. The summed E-state index contributed by atoms with van der Waals surface area (Å²) in [7, 11) is -4.07. The van der Waals surface area contributed by atoms with Crippen LogP contribution in [0.4, 0.5) is 10.2 Å². The summed E-state index contributed by atoms with van der Waals surface area (Å²) in [6.07, 6.45) is 4.86. The molecule has 0 spiro atoms. The highest BCUT2D eigenvalue weighted by molar-refractivity contribution is 7.91. The number of benzene rings is 2. The summed E-state index contributed by atoms with van der Waals surface area (Å²) in [6, 6.07) is 10.7. The minimum Gasteiger partial charge on any atom is -0.382 e. The number of anilines is 1. The Bertz CT molecular complexity index is 1300. The Labute approximate surface area is 202 Å². The lowest BCUT2D eigenvalue weighted by molar-refractivity contribution is -0.124. The van der Waals surface area contributed by atoms with Crippen molar-refractivity contribution >= 4 is 34.4 Å². The zero-order valence-corrected chi connectivity index (χ0v) is 19.8. The van der Waals surface area contributed by atoms with Gasteiger partial charge in [-0.1, -0.05) is 30.7 Å². The number of nitrogens with two attached hydrogens (primary N) is 1.